The Bertz CT molecular complexity index is 688. The lowest BCUT2D eigenvalue weighted by atomic mass is 10.1. The minimum Gasteiger partial charge on any atom is -0.394 e. The second-order valence-electron chi connectivity index (χ2n) is 5.50. The molecule has 1 aromatic rings. The number of ether oxygens (including phenoxy) is 1. The van der Waals surface area contributed by atoms with Gasteiger partial charge in [0.2, 0.25) is 5.91 Å². The maximum Gasteiger partial charge on any atom is 0.330 e. The average molecular weight is 453 g/mol. The first kappa shape index (κ1) is 19.1. The standard InChI is InChI=1S/C14H20IN3O6/c15-6-12(22)16-3-1-2-8-4-11(21)17-14(23)18(8)13-5-9(20)10(7-19)24-13/h4,9-10,13,19-20H,1-3,5-7H2,(H,16,22)(H,17,21,23)/t9-,10+,13+/m0/s1. The number of H-pyrrole nitrogens is 1. The number of alkyl halides is 1. The Morgan fingerprint density at radius 2 is 2.25 bits per heavy atom. The topological polar surface area (TPSA) is 134 Å². The number of hydrogen-bond acceptors (Lipinski definition) is 6. The molecule has 3 atom stereocenters. The molecule has 1 aliphatic heterocycles. The number of hydrogen-bond donors (Lipinski definition) is 4. The van der Waals surface area contributed by atoms with E-state index in [0.717, 1.165) is 0 Å². The quantitative estimate of drug-likeness (QED) is 0.230. The molecule has 0 spiro atoms. The van der Waals surface area contributed by atoms with Crippen LogP contribution in [0.3, 0.4) is 0 Å². The second kappa shape index (κ2) is 8.74. The van der Waals surface area contributed by atoms with Gasteiger partial charge in [0, 0.05) is 24.7 Å². The van der Waals surface area contributed by atoms with Crippen LogP contribution in [-0.2, 0) is 16.0 Å². The molecule has 4 N–H and O–H groups in total. The van der Waals surface area contributed by atoms with E-state index in [1.807, 2.05) is 22.6 Å². The molecule has 1 aromatic heterocycles. The van der Waals surface area contributed by atoms with Gasteiger partial charge in [0.25, 0.3) is 5.56 Å². The second-order valence-corrected chi connectivity index (χ2v) is 6.26. The van der Waals surface area contributed by atoms with Gasteiger partial charge in [-0.1, -0.05) is 22.6 Å². The van der Waals surface area contributed by atoms with E-state index < -0.39 is 29.7 Å². The Kier molecular flexibility index (Phi) is 6.95. The molecule has 0 aromatic carbocycles. The zero-order valence-electron chi connectivity index (χ0n) is 12.9. The normalized spacial score (nSPS) is 23.4. The SMILES string of the molecule is O=C(CI)NCCCc1cc(=O)[nH]c(=O)n1[C@H]1C[C@H](O)[C@@H](CO)O1. The number of amides is 1. The van der Waals surface area contributed by atoms with E-state index in [1.54, 1.807) is 0 Å². The number of nitrogens with zero attached hydrogens (tertiary/aromatic N) is 1. The van der Waals surface area contributed by atoms with Crippen molar-refractivity contribution in [3.05, 3.63) is 32.6 Å². The van der Waals surface area contributed by atoms with Crippen molar-refractivity contribution in [2.24, 2.45) is 0 Å². The first-order valence-corrected chi connectivity index (χ1v) is 9.10. The summed E-state index contributed by atoms with van der Waals surface area (Å²) >= 11 is 1.96. The van der Waals surface area contributed by atoms with E-state index in [4.69, 9.17) is 9.84 Å². The van der Waals surface area contributed by atoms with Crippen LogP contribution in [0.1, 0.15) is 24.8 Å². The molecule has 9 nitrogen and oxygen atoms in total. The van der Waals surface area contributed by atoms with E-state index >= 15 is 0 Å². The predicted octanol–water partition coefficient (Wildman–Crippen LogP) is -1.34. The summed E-state index contributed by atoms with van der Waals surface area (Å²) in [6.45, 7) is 0.0731. The lowest BCUT2D eigenvalue weighted by Crippen LogP contribution is -2.35. The maximum atomic E-state index is 12.1. The van der Waals surface area contributed by atoms with Crippen LogP contribution in [0.25, 0.3) is 0 Å². The molecule has 10 heteroatoms. The van der Waals surface area contributed by atoms with Gasteiger partial charge >= 0.3 is 5.69 Å². The molecule has 0 radical (unpaired) electrons. The summed E-state index contributed by atoms with van der Waals surface area (Å²) in [5.41, 5.74) is -0.673. The van der Waals surface area contributed by atoms with Gasteiger partial charge in [0.1, 0.15) is 12.3 Å². The fourth-order valence-corrected chi connectivity index (χ4v) is 2.91. The summed E-state index contributed by atoms with van der Waals surface area (Å²) in [5, 5.41) is 21.7. The molecule has 1 saturated heterocycles. The van der Waals surface area contributed by atoms with Crippen molar-refractivity contribution < 1.29 is 19.7 Å². The van der Waals surface area contributed by atoms with Gasteiger partial charge in [0.15, 0.2) is 0 Å². The Hall–Kier alpha value is -1.24. The Labute approximate surface area is 151 Å². The molecule has 2 heterocycles. The number of carbonyl (C=O) groups excluding carboxylic acids is 1. The van der Waals surface area contributed by atoms with Crippen molar-refractivity contribution in [1.29, 1.82) is 0 Å². The fourth-order valence-electron chi connectivity index (χ4n) is 2.64. The summed E-state index contributed by atoms with van der Waals surface area (Å²) < 4.78 is 7.16. The Morgan fingerprint density at radius 3 is 2.88 bits per heavy atom. The lowest BCUT2D eigenvalue weighted by Gasteiger charge is -2.18. The fraction of sp³-hybridized carbons (Fsp3) is 0.643. The van der Waals surface area contributed by atoms with Crippen LogP contribution >= 0.6 is 22.6 Å². The zero-order chi connectivity index (χ0) is 17.7. The van der Waals surface area contributed by atoms with Crippen LogP contribution in [0, 0.1) is 0 Å². The molecule has 0 aliphatic carbocycles. The van der Waals surface area contributed by atoms with Crippen molar-refractivity contribution in [3.8, 4) is 0 Å². The highest BCUT2D eigenvalue weighted by Gasteiger charge is 2.35. The molecule has 2 rings (SSSR count). The third-order valence-corrected chi connectivity index (χ3v) is 4.47. The average Bonchev–Trinajstić information content (AvgIpc) is 2.91. The molecular formula is C14H20IN3O6. The largest absolute Gasteiger partial charge is 0.394 e. The first-order valence-electron chi connectivity index (χ1n) is 7.58. The van der Waals surface area contributed by atoms with Crippen molar-refractivity contribution in [1.82, 2.24) is 14.9 Å². The molecule has 1 fully saturated rings. The van der Waals surface area contributed by atoms with Crippen LogP contribution in [-0.4, -0.2) is 55.5 Å². The number of halogens is 1. The van der Waals surface area contributed by atoms with E-state index in [0.29, 0.717) is 29.5 Å². The third-order valence-electron chi connectivity index (χ3n) is 3.78. The molecule has 1 amide bonds. The van der Waals surface area contributed by atoms with Crippen LogP contribution in [0.2, 0.25) is 0 Å². The van der Waals surface area contributed by atoms with Crippen LogP contribution in [0.4, 0.5) is 0 Å². The number of aryl methyl sites for hydroxylation is 1. The number of aromatic nitrogens is 2. The molecule has 0 bridgehead atoms. The molecule has 0 saturated carbocycles. The minimum atomic E-state index is -0.880. The monoisotopic (exact) mass is 453 g/mol. The summed E-state index contributed by atoms with van der Waals surface area (Å²) in [7, 11) is 0. The minimum absolute atomic E-state index is 0.0769. The third kappa shape index (κ3) is 4.65. The van der Waals surface area contributed by atoms with E-state index in [9.17, 15) is 19.5 Å². The summed E-state index contributed by atoms with van der Waals surface area (Å²) in [6.07, 6.45) is -1.31. The van der Waals surface area contributed by atoms with E-state index in [2.05, 4.69) is 10.3 Å². The van der Waals surface area contributed by atoms with Crippen molar-refractivity contribution in [2.75, 3.05) is 17.6 Å². The van der Waals surface area contributed by atoms with Gasteiger partial charge in [-0.05, 0) is 12.8 Å². The van der Waals surface area contributed by atoms with Crippen LogP contribution < -0.4 is 16.6 Å². The van der Waals surface area contributed by atoms with Gasteiger partial charge in [-0.2, -0.15) is 0 Å². The van der Waals surface area contributed by atoms with Gasteiger partial charge in [-0.15, -0.1) is 0 Å². The molecule has 0 unspecified atom stereocenters. The number of aliphatic hydroxyl groups is 2. The van der Waals surface area contributed by atoms with Gasteiger partial charge in [0.05, 0.1) is 17.1 Å². The molecule has 24 heavy (non-hydrogen) atoms. The number of aromatic amines is 1. The Balaban J connectivity index is 2.14. The molecule has 1 aliphatic rings. The number of nitrogens with one attached hydrogen (secondary N) is 2. The highest BCUT2D eigenvalue weighted by Crippen LogP contribution is 2.28. The van der Waals surface area contributed by atoms with Crippen molar-refractivity contribution in [2.45, 2.75) is 37.7 Å². The highest BCUT2D eigenvalue weighted by atomic mass is 127. The van der Waals surface area contributed by atoms with Crippen molar-refractivity contribution in [3.63, 3.8) is 0 Å². The maximum absolute atomic E-state index is 12.1. The summed E-state index contributed by atoms with van der Waals surface area (Å²) in [6, 6.07) is 1.31. The number of carbonyl (C=O) groups is 1. The summed E-state index contributed by atoms with van der Waals surface area (Å²) in [5.74, 6) is -0.0769. The number of aliphatic hydroxyl groups excluding tert-OH is 2. The molecule has 134 valence electrons. The van der Waals surface area contributed by atoms with Crippen LogP contribution in [0.15, 0.2) is 15.7 Å². The predicted molar refractivity (Wildman–Crippen MR) is 93.2 cm³/mol. The van der Waals surface area contributed by atoms with E-state index in [-0.39, 0.29) is 18.9 Å². The van der Waals surface area contributed by atoms with E-state index in [1.165, 1.54) is 10.6 Å². The smallest absolute Gasteiger partial charge is 0.330 e. The van der Waals surface area contributed by atoms with Crippen LogP contribution in [0.5, 0.6) is 0 Å². The zero-order valence-corrected chi connectivity index (χ0v) is 15.1. The summed E-state index contributed by atoms with van der Waals surface area (Å²) in [4.78, 5) is 37.1. The van der Waals surface area contributed by atoms with Gasteiger partial charge < -0.3 is 20.3 Å². The highest BCUT2D eigenvalue weighted by molar-refractivity contribution is 14.1. The van der Waals surface area contributed by atoms with Gasteiger partial charge in [-0.25, -0.2) is 4.79 Å². The number of rotatable bonds is 7. The van der Waals surface area contributed by atoms with Gasteiger partial charge in [-0.3, -0.25) is 19.1 Å². The molecular weight excluding hydrogens is 433 g/mol. The first-order chi connectivity index (χ1) is 11.5. The Morgan fingerprint density at radius 1 is 1.50 bits per heavy atom. The lowest BCUT2D eigenvalue weighted by molar-refractivity contribution is -0.118. The van der Waals surface area contributed by atoms with Crippen molar-refractivity contribution >= 4 is 28.5 Å².